The van der Waals surface area contributed by atoms with Crippen molar-refractivity contribution in [3.63, 3.8) is 0 Å². The highest BCUT2D eigenvalue weighted by molar-refractivity contribution is 7.14. The maximum atomic E-state index is 15.3. The monoisotopic (exact) mass is 811 g/mol. The maximum Gasteiger partial charge on any atom is 0.415 e. The number of halogens is 5. The molecule has 2 aromatic heterocycles. The number of alkyl halides is 2. The summed E-state index contributed by atoms with van der Waals surface area (Å²) in [7, 11) is 1.26. The van der Waals surface area contributed by atoms with Crippen molar-refractivity contribution in [3.05, 3.63) is 103 Å². The van der Waals surface area contributed by atoms with Crippen LogP contribution < -0.4 is 24.2 Å². The van der Waals surface area contributed by atoms with Crippen molar-refractivity contribution in [3.8, 4) is 11.5 Å². The first-order valence-corrected chi connectivity index (χ1v) is 18.0. The Balaban J connectivity index is 0.00000181. The maximum absolute atomic E-state index is 15.3. The van der Waals surface area contributed by atoms with Crippen molar-refractivity contribution < 1.29 is 61.9 Å². The van der Waals surface area contributed by atoms with Crippen LogP contribution in [-0.4, -0.2) is 73.2 Å². The van der Waals surface area contributed by atoms with E-state index >= 15 is 4.39 Å². The molecular formula is C36H34Cl2F3N3O9S. The number of carboxylic acids is 1. The number of pyridine rings is 1. The molecule has 2 atom stereocenters. The van der Waals surface area contributed by atoms with E-state index in [1.54, 1.807) is 12.1 Å². The third-order valence-electron chi connectivity index (χ3n) is 9.18. The van der Waals surface area contributed by atoms with Gasteiger partial charge in [0.15, 0.2) is 11.5 Å². The van der Waals surface area contributed by atoms with Crippen molar-refractivity contribution in [2.75, 3.05) is 31.6 Å². The van der Waals surface area contributed by atoms with E-state index in [2.05, 4.69) is 9.64 Å². The zero-order chi connectivity index (χ0) is 39.1. The zero-order valence-corrected chi connectivity index (χ0v) is 30.8. The number of aromatic nitrogens is 1. The molecule has 1 amide bonds. The van der Waals surface area contributed by atoms with Crippen LogP contribution in [0.3, 0.4) is 0 Å². The lowest BCUT2D eigenvalue weighted by Gasteiger charge is -2.44. The summed E-state index contributed by atoms with van der Waals surface area (Å²) < 4.78 is 58.1. The molecule has 0 saturated carbocycles. The predicted molar refractivity (Wildman–Crippen MR) is 188 cm³/mol. The molecule has 18 heteroatoms. The van der Waals surface area contributed by atoms with Gasteiger partial charge in [0, 0.05) is 27.6 Å². The van der Waals surface area contributed by atoms with Crippen LogP contribution >= 0.6 is 34.5 Å². The van der Waals surface area contributed by atoms with E-state index in [1.165, 1.54) is 55.9 Å². The summed E-state index contributed by atoms with van der Waals surface area (Å²) in [6.07, 6.45) is 2.98. The number of hydrogen-bond acceptors (Lipinski definition) is 10. The number of ether oxygens (including phenoxy) is 3. The number of carbonyl (C=O) groups is 3. The summed E-state index contributed by atoms with van der Waals surface area (Å²) >= 11 is 13.8. The third kappa shape index (κ3) is 9.47. The average molecular weight is 813 g/mol. The van der Waals surface area contributed by atoms with E-state index in [4.69, 9.17) is 42.6 Å². The normalized spacial score (nSPS) is 17.9. The molecule has 3 fully saturated rings. The summed E-state index contributed by atoms with van der Waals surface area (Å²) in [4.78, 5) is 38.4. The molecule has 2 bridgehead atoms. The first-order valence-electron chi connectivity index (χ1n) is 16.4. The first-order chi connectivity index (χ1) is 25.8. The highest BCUT2D eigenvalue weighted by atomic mass is 35.5. The molecule has 5 heterocycles. The summed E-state index contributed by atoms with van der Waals surface area (Å²) in [5, 5.41) is 29.7. The van der Waals surface area contributed by atoms with Crippen LogP contribution in [0.5, 0.6) is 11.5 Å². The second kappa shape index (κ2) is 18.0. The van der Waals surface area contributed by atoms with Crippen LogP contribution in [0.25, 0.3) is 0 Å². The third-order valence-corrected chi connectivity index (χ3v) is 10.9. The Morgan fingerprint density at radius 1 is 1.11 bits per heavy atom. The number of carboxylic acid groups (broad SMARTS) is 2. The fourth-order valence-electron chi connectivity index (χ4n) is 6.71. The van der Waals surface area contributed by atoms with E-state index in [-0.39, 0.29) is 69.1 Å². The Hall–Kier alpha value is -4.77. The molecule has 3 saturated heterocycles. The van der Waals surface area contributed by atoms with Gasteiger partial charge in [-0.3, -0.25) is 19.8 Å². The predicted octanol–water partition coefficient (Wildman–Crippen LogP) is 6.01. The number of thiophene rings is 1. The molecule has 54 heavy (non-hydrogen) atoms. The number of methoxy groups -OCH3 is 1. The number of para-hydroxylation sites is 1. The highest BCUT2D eigenvalue weighted by Gasteiger charge is 2.38. The van der Waals surface area contributed by atoms with Gasteiger partial charge in [0.25, 0.3) is 6.47 Å². The van der Waals surface area contributed by atoms with E-state index < -0.39 is 30.4 Å². The summed E-state index contributed by atoms with van der Waals surface area (Å²) in [6, 6.07) is 11.4. The van der Waals surface area contributed by atoms with Gasteiger partial charge >= 0.3 is 12.7 Å². The molecule has 4 aromatic rings. The highest BCUT2D eigenvalue weighted by Crippen LogP contribution is 2.42. The molecule has 3 aliphatic rings. The van der Waals surface area contributed by atoms with Gasteiger partial charge in [0.2, 0.25) is 12.4 Å². The minimum atomic E-state index is -3.13. The van der Waals surface area contributed by atoms with Gasteiger partial charge in [-0.05, 0) is 79.7 Å². The number of nitrogens with zero attached hydrogens (tertiary/aromatic N) is 3. The van der Waals surface area contributed by atoms with Gasteiger partial charge in [0.1, 0.15) is 22.0 Å². The fourth-order valence-corrected chi connectivity index (χ4v) is 8.36. The van der Waals surface area contributed by atoms with Gasteiger partial charge in [-0.15, -0.1) is 11.3 Å². The molecule has 0 unspecified atom stereocenters. The number of carbonyl (C=O) groups excluding carboxylic acids is 2. The van der Waals surface area contributed by atoms with Crippen LogP contribution in [0, 0.1) is 11.7 Å². The van der Waals surface area contributed by atoms with E-state index in [1.807, 2.05) is 0 Å². The second-order valence-corrected chi connectivity index (χ2v) is 14.3. The molecule has 2 aromatic carbocycles. The van der Waals surface area contributed by atoms with Crippen LogP contribution in [0.1, 0.15) is 50.0 Å². The van der Waals surface area contributed by atoms with Crippen LogP contribution in [0.2, 0.25) is 10.0 Å². The molecule has 0 aliphatic carbocycles. The molecule has 12 nitrogen and oxygen atoms in total. The lowest BCUT2D eigenvalue weighted by molar-refractivity contribution is -0.904. The molecule has 0 radical (unpaired) electrons. The topological polar surface area (TPSA) is 153 Å². The van der Waals surface area contributed by atoms with Gasteiger partial charge < -0.3 is 29.2 Å². The summed E-state index contributed by atoms with van der Waals surface area (Å²) in [5.74, 6) is -3.19. The van der Waals surface area contributed by atoms with Gasteiger partial charge in [-0.2, -0.15) is 8.78 Å². The molecule has 2 N–H and O–H groups in total. The van der Waals surface area contributed by atoms with Crippen LogP contribution in [0.4, 0.5) is 23.7 Å². The van der Waals surface area contributed by atoms with Crippen LogP contribution in [0.15, 0.2) is 60.9 Å². The van der Waals surface area contributed by atoms with E-state index in [9.17, 15) is 28.7 Å². The zero-order valence-electron chi connectivity index (χ0n) is 28.5. The largest absolute Gasteiger partial charge is 0.544 e. The quantitative estimate of drug-likeness (QED) is 0.0990. The van der Waals surface area contributed by atoms with Gasteiger partial charge in [-0.25, -0.2) is 9.18 Å². The minimum Gasteiger partial charge on any atom is -0.544 e. The number of benzene rings is 2. The minimum absolute atomic E-state index is 0.0359. The Labute approximate surface area is 321 Å². The number of piperidine rings is 3. The Morgan fingerprint density at radius 2 is 1.78 bits per heavy atom. The van der Waals surface area contributed by atoms with Crippen molar-refractivity contribution >= 4 is 58.8 Å². The van der Waals surface area contributed by atoms with E-state index in [0.717, 1.165) is 42.2 Å². The number of hydrogen-bond donors (Lipinski definition) is 2. The van der Waals surface area contributed by atoms with Gasteiger partial charge in [-0.1, -0.05) is 41.4 Å². The van der Waals surface area contributed by atoms with Crippen molar-refractivity contribution in [2.24, 2.45) is 5.92 Å². The number of fused-ring (bicyclic) bond motifs is 3. The molecule has 7 rings (SSSR count). The fraction of sp³-hybridized carbons (Fsp3) is 0.333. The van der Waals surface area contributed by atoms with Crippen molar-refractivity contribution in [1.29, 1.82) is 0 Å². The van der Waals surface area contributed by atoms with E-state index in [0.29, 0.717) is 27.3 Å². The molecular weight excluding hydrogens is 778 g/mol. The number of anilines is 1. The number of aromatic carboxylic acids is 1. The Kier molecular flexibility index (Phi) is 13.5. The van der Waals surface area contributed by atoms with Gasteiger partial charge in [0.05, 0.1) is 30.2 Å². The number of amides is 1. The Bertz CT molecular complexity index is 1960. The smallest absolute Gasteiger partial charge is 0.415 e. The van der Waals surface area contributed by atoms with Crippen molar-refractivity contribution in [2.45, 2.75) is 44.4 Å². The molecule has 3 aliphatic heterocycles. The molecule has 0 spiro atoms. The Morgan fingerprint density at radius 3 is 2.35 bits per heavy atom. The van der Waals surface area contributed by atoms with Crippen molar-refractivity contribution in [1.82, 2.24) is 4.90 Å². The van der Waals surface area contributed by atoms with Crippen LogP contribution in [-0.2, 0) is 22.5 Å². The SMILES string of the molecule is COc1cc([C@H](Cc2c(Cl)c[n+](O)cc2Cl)c2cc(CN(C(=O)O[C@H]3CN4CCC3CC4)c3ccccc3F)sc2C(=O)[O-])ccc1OC(F)F.O=CO. The lowest BCUT2D eigenvalue weighted by atomic mass is 9.85. The lowest BCUT2D eigenvalue weighted by Crippen LogP contribution is -2.53. The standard InChI is InChI=1S/C35H32Cl2F3N3O7S.CH2O2/c1-48-30-12-20(6-7-29(30)49-34(39)40)22(14-24-25(36)16-42(47)17-26(24)37)23-13-21(51-32(23)33(44)45)15-43(28-5-3-2-4-27(28)38)35(46)50-31-18-41-10-8-19(31)9-11-41;2-1-3/h2-7,12-13,16-17,19,22,31,34H,8-11,14-15,18H2,1H3,(H-,44,45,47);1H,(H,2,3)/t22-,31-;/m0./s1. The summed E-state index contributed by atoms with van der Waals surface area (Å²) in [6.45, 7) is -1.21. The molecule has 288 valence electrons. The average Bonchev–Trinajstić information content (AvgIpc) is 3.55. The first kappa shape index (κ1) is 40.4. The second-order valence-electron chi connectivity index (χ2n) is 12.3. The summed E-state index contributed by atoms with van der Waals surface area (Å²) in [5.41, 5.74) is 0.906. The number of rotatable bonds is 12.